The van der Waals surface area contributed by atoms with E-state index in [2.05, 4.69) is 15.5 Å². The van der Waals surface area contributed by atoms with E-state index in [0.29, 0.717) is 20.9 Å². The van der Waals surface area contributed by atoms with E-state index in [0.717, 1.165) is 5.56 Å². The first-order valence-electron chi connectivity index (χ1n) is 7.85. The maximum Gasteiger partial charge on any atom is 0.242 e. The zero-order valence-corrected chi connectivity index (χ0v) is 17.0. The molecule has 1 aromatic heterocycles. The highest BCUT2D eigenvalue weighted by Gasteiger charge is 2.17. The predicted molar refractivity (Wildman–Crippen MR) is 106 cm³/mol. The van der Waals surface area contributed by atoms with Gasteiger partial charge in [-0.15, -0.1) is 10.2 Å². The van der Waals surface area contributed by atoms with Crippen molar-refractivity contribution in [3.05, 3.63) is 59.9 Å². The van der Waals surface area contributed by atoms with E-state index in [4.69, 9.17) is 0 Å². The lowest BCUT2D eigenvalue weighted by molar-refractivity contribution is 0.520. The molecule has 0 amide bonds. The Morgan fingerprint density at radius 3 is 2.67 bits per heavy atom. The molecule has 27 heavy (non-hydrogen) atoms. The van der Waals surface area contributed by atoms with Crippen LogP contribution in [-0.4, -0.2) is 37.0 Å². The van der Waals surface area contributed by atoms with Gasteiger partial charge in [-0.3, -0.25) is 0 Å². The first kappa shape index (κ1) is 19.7. The molecule has 0 saturated carbocycles. The van der Waals surface area contributed by atoms with Crippen LogP contribution < -0.4 is 5.32 Å². The van der Waals surface area contributed by atoms with Crippen LogP contribution >= 0.6 is 23.1 Å². The molecule has 0 aliphatic rings. The van der Waals surface area contributed by atoms with Gasteiger partial charge < -0.3 is 5.32 Å². The number of anilines is 2. The molecule has 0 spiro atoms. The maximum atomic E-state index is 13.7. The Kier molecular flexibility index (Phi) is 6.10. The minimum Gasteiger partial charge on any atom is -0.328 e. The molecule has 0 aliphatic carbocycles. The zero-order valence-electron chi connectivity index (χ0n) is 14.6. The van der Waals surface area contributed by atoms with E-state index in [-0.39, 0.29) is 10.7 Å². The second-order valence-corrected chi connectivity index (χ2v) is 10.1. The van der Waals surface area contributed by atoms with Gasteiger partial charge in [-0.2, -0.15) is 0 Å². The number of para-hydroxylation sites is 1. The fourth-order valence-electron chi connectivity index (χ4n) is 2.15. The molecule has 0 bridgehead atoms. The van der Waals surface area contributed by atoms with E-state index < -0.39 is 10.0 Å². The average molecular weight is 425 g/mol. The number of sulfonamides is 1. The van der Waals surface area contributed by atoms with Crippen molar-refractivity contribution < 1.29 is 12.8 Å². The van der Waals surface area contributed by atoms with Crippen molar-refractivity contribution in [1.29, 1.82) is 0 Å². The van der Waals surface area contributed by atoms with Crippen LogP contribution in [0.1, 0.15) is 5.56 Å². The fourth-order valence-corrected chi connectivity index (χ4v) is 4.83. The van der Waals surface area contributed by atoms with Crippen molar-refractivity contribution >= 4 is 43.9 Å². The molecule has 0 saturated heterocycles. The summed E-state index contributed by atoms with van der Waals surface area (Å²) in [6.45, 7) is 0. The first-order valence-corrected chi connectivity index (χ1v) is 11.1. The summed E-state index contributed by atoms with van der Waals surface area (Å²) in [5, 5.41) is 11.5. The Bertz CT molecular complexity index is 1040. The lowest BCUT2D eigenvalue weighted by atomic mass is 10.2. The van der Waals surface area contributed by atoms with Crippen LogP contribution in [0.2, 0.25) is 0 Å². The Morgan fingerprint density at radius 2 is 1.93 bits per heavy atom. The van der Waals surface area contributed by atoms with Gasteiger partial charge in [0.1, 0.15) is 5.82 Å². The molecule has 2 aromatic carbocycles. The van der Waals surface area contributed by atoms with Crippen LogP contribution in [0.4, 0.5) is 15.2 Å². The summed E-state index contributed by atoms with van der Waals surface area (Å²) in [6, 6.07) is 13.2. The molecule has 0 fully saturated rings. The molecule has 1 heterocycles. The second-order valence-electron chi connectivity index (χ2n) is 5.70. The number of aromatic nitrogens is 2. The number of hydrogen-bond donors (Lipinski definition) is 1. The van der Waals surface area contributed by atoms with Gasteiger partial charge >= 0.3 is 0 Å². The molecule has 10 heteroatoms. The highest BCUT2D eigenvalue weighted by atomic mass is 32.2. The summed E-state index contributed by atoms with van der Waals surface area (Å²) in [5.41, 5.74) is 1.20. The Hall–Kier alpha value is -2.01. The largest absolute Gasteiger partial charge is 0.328 e. The van der Waals surface area contributed by atoms with Crippen molar-refractivity contribution in [2.45, 2.75) is 15.0 Å². The van der Waals surface area contributed by atoms with Crippen molar-refractivity contribution in [2.75, 3.05) is 19.4 Å². The Labute approximate surface area is 165 Å². The summed E-state index contributed by atoms with van der Waals surface area (Å²) >= 11 is 2.75. The molecule has 6 nitrogen and oxygen atoms in total. The molecule has 3 rings (SSSR count). The highest BCUT2D eigenvalue weighted by molar-refractivity contribution is 8.00. The molecular weight excluding hydrogens is 407 g/mol. The standard InChI is InChI=1S/C17H17FN4O2S3/c1-22(2)27(23,24)13-7-5-6-12(10-13)11-25-17-21-20-16(26-17)19-15-9-4-3-8-14(15)18/h3-10H,11H2,1-2H3,(H,19,20). The highest BCUT2D eigenvalue weighted by Crippen LogP contribution is 2.31. The van der Waals surface area contributed by atoms with Crippen LogP contribution in [0.3, 0.4) is 0 Å². The summed E-state index contributed by atoms with van der Waals surface area (Å²) in [5.74, 6) is 0.186. The summed E-state index contributed by atoms with van der Waals surface area (Å²) in [4.78, 5) is 0.254. The third-order valence-corrected chi connectivity index (χ3v) is 7.42. The lowest BCUT2D eigenvalue weighted by Gasteiger charge is -2.12. The van der Waals surface area contributed by atoms with Crippen LogP contribution in [0, 0.1) is 5.82 Å². The number of thioether (sulfide) groups is 1. The summed E-state index contributed by atoms with van der Waals surface area (Å²) in [6.07, 6.45) is 0. The molecule has 0 unspecified atom stereocenters. The predicted octanol–water partition coefficient (Wildman–Crippen LogP) is 3.96. The van der Waals surface area contributed by atoms with Crippen LogP contribution in [0.25, 0.3) is 0 Å². The van der Waals surface area contributed by atoms with Crippen molar-refractivity contribution in [2.24, 2.45) is 0 Å². The molecule has 0 atom stereocenters. The quantitative estimate of drug-likeness (QED) is 0.579. The topological polar surface area (TPSA) is 75.2 Å². The van der Waals surface area contributed by atoms with Gasteiger partial charge in [0.25, 0.3) is 0 Å². The van der Waals surface area contributed by atoms with Crippen molar-refractivity contribution in [3.63, 3.8) is 0 Å². The van der Waals surface area contributed by atoms with Gasteiger partial charge in [-0.25, -0.2) is 17.1 Å². The van der Waals surface area contributed by atoms with E-state index >= 15 is 0 Å². The molecule has 1 N–H and O–H groups in total. The van der Waals surface area contributed by atoms with E-state index in [1.54, 1.807) is 36.4 Å². The molecule has 0 aliphatic heterocycles. The first-order chi connectivity index (χ1) is 12.9. The van der Waals surface area contributed by atoms with Crippen molar-refractivity contribution in [3.8, 4) is 0 Å². The van der Waals surface area contributed by atoms with Crippen LogP contribution in [0.5, 0.6) is 0 Å². The molecule has 0 radical (unpaired) electrons. The maximum absolute atomic E-state index is 13.7. The Morgan fingerprint density at radius 1 is 1.15 bits per heavy atom. The average Bonchev–Trinajstić information content (AvgIpc) is 3.09. The van der Waals surface area contributed by atoms with E-state index in [9.17, 15) is 12.8 Å². The molecule has 3 aromatic rings. The molecule has 142 valence electrons. The smallest absolute Gasteiger partial charge is 0.242 e. The minimum absolute atomic E-state index is 0.254. The third kappa shape index (κ3) is 4.83. The zero-order chi connectivity index (χ0) is 19.4. The van der Waals surface area contributed by atoms with Gasteiger partial charge in [-0.05, 0) is 29.8 Å². The lowest BCUT2D eigenvalue weighted by Crippen LogP contribution is -2.22. The van der Waals surface area contributed by atoms with Crippen molar-refractivity contribution in [1.82, 2.24) is 14.5 Å². The second kappa shape index (κ2) is 8.34. The van der Waals surface area contributed by atoms with Crippen LogP contribution in [0.15, 0.2) is 57.8 Å². The summed E-state index contributed by atoms with van der Waals surface area (Å²) in [7, 11) is -0.460. The fraction of sp³-hybridized carbons (Fsp3) is 0.176. The van der Waals surface area contributed by atoms with E-state index in [1.165, 1.54) is 47.6 Å². The third-order valence-electron chi connectivity index (χ3n) is 3.56. The molecular formula is C17H17FN4O2S3. The van der Waals surface area contributed by atoms with Gasteiger partial charge in [0, 0.05) is 19.8 Å². The number of hydrogen-bond acceptors (Lipinski definition) is 7. The van der Waals surface area contributed by atoms with E-state index in [1.807, 2.05) is 6.07 Å². The van der Waals surface area contributed by atoms with Gasteiger partial charge in [0.15, 0.2) is 4.34 Å². The van der Waals surface area contributed by atoms with Gasteiger partial charge in [0.2, 0.25) is 15.2 Å². The monoisotopic (exact) mass is 424 g/mol. The number of nitrogens with zero attached hydrogens (tertiary/aromatic N) is 3. The number of rotatable bonds is 7. The number of nitrogens with one attached hydrogen (secondary N) is 1. The number of halogens is 1. The normalized spacial score (nSPS) is 11.7. The van der Waals surface area contributed by atoms with Crippen LogP contribution in [-0.2, 0) is 15.8 Å². The number of benzene rings is 2. The summed E-state index contributed by atoms with van der Waals surface area (Å²) < 4.78 is 40.0. The SMILES string of the molecule is CN(C)S(=O)(=O)c1cccc(CSc2nnc(Nc3ccccc3F)s2)c1. The minimum atomic E-state index is -3.46. The van der Waals surface area contributed by atoms with Gasteiger partial charge in [0.05, 0.1) is 10.6 Å². The van der Waals surface area contributed by atoms with Gasteiger partial charge in [-0.1, -0.05) is 47.4 Å². The Balaban J connectivity index is 1.66.